The van der Waals surface area contributed by atoms with E-state index in [1.165, 1.54) is 0 Å². The number of nitrogens with one attached hydrogen (secondary N) is 3. The molecular formula is C18H38N4O2S2. The van der Waals surface area contributed by atoms with Gasteiger partial charge in [0.15, 0.2) is 0 Å². The predicted octanol–water partition coefficient (Wildman–Crippen LogP) is 3.84. The highest BCUT2D eigenvalue weighted by molar-refractivity contribution is 7.90. The summed E-state index contributed by atoms with van der Waals surface area (Å²) in [6.45, 7) is 11.9. The maximum absolute atomic E-state index is 12.7. The van der Waals surface area contributed by atoms with E-state index in [0.717, 1.165) is 45.2 Å². The molecule has 0 spiro atoms. The Hall–Kier alpha value is -0.180. The van der Waals surface area contributed by atoms with Gasteiger partial charge in [0, 0.05) is 19.1 Å². The topological polar surface area (TPSA) is 97.1 Å². The Bertz CT molecular complexity index is 689. The number of rotatable bonds is 8. The van der Waals surface area contributed by atoms with Crippen LogP contribution in [0.1, 0.15) is 66.7 Å². The van der Waals surface area contributed by atoms with Crippen LogP contribution in [0.3, 0.4) is 0 Å². The summed E-state index contributed by atoms with van der Waals surface area (Å²) in [5.41, 5.74) is -0.265. The molecule has 0 radical (unpaired) electrons. The van der Waals surface area contributed by atoms with E-state index in [-0.39, 0.29) is 16.9 Å². The molecule has 0 aromatic heterocycles. The fourth-order valence-corrected chi connectivity index (χ4v) is 8.59. The van der Waals surface area contributed by atoms with Crippen molar-refractivity contribution >= 4 is 19.8 Å². The van der Waals surface area contributed by atoms with Crippen LogP contribution in [0, 0.1) is 26.3 Å². The second kappa shape index (κ2) is 7.68. The Morgan fingerprint density at radius 2 is 1.65 bits per heavy atom. The first-order valence-corrected chi connectivity index (χ1v) is 13.1. The van der Waals surface area contributed by atoms with Crippen LogP contribution in [-0.4, -0.2) is 43.4 Å². The summed E-state index contributed by atoms with van der Waals surface area (Å²) in [6, 6.07) is 0.138. The van der Waals surface area contributed by atoms with E-state index in [9.17, 15) is 8.42 Å². The van der Waals surface area contributed by atoms with Crippen molar-refractivity contribution in [3.8, 4) is 0 Å². The van der Waals surface area contributed by atoms with Crippen molar-refractivity contribution < 1.29 is 8.42 Å². The molecule has 2 fully saturated rings. The van der Waals surface area contributed by atoms with Crippen molar-refractivity contribution in [2.24, 2.45) is 16.7 Å². The summed E-state index contributed by atoms with van der Waals surface area (Å²) in [4.78, 5) is 0. The molecule has 0 aromatic rings. The van der Waals surface area contributed by atoms with E-state index in [1.54, 1.807) is 0 Å². The third-order valence-corrected chi connectivity index (χ3v) is 9.55. The molecular weight excluding hydrogens is 368 g/mol. The molecule has 1 aliphatic heterocycles. The van der Waals surface area contributed by atoms with Crippen LogP contribution in [0.4, 0.5) is 0 Å². The van der Waals surface area contributed by atoms with Crippen molar-refractivity contribution in [3.63, 3.8) is 0 Å². The second-order valence-electron chi connectivity index (χ2n) is 10.3. The molecule has 0 aromatic carbocycles. The zero-order valence-electron chi connectivity index (χ0n) is 17.1. The second-order valence-corrected chi connectivity index (χ2v) is 14.3. The van der Waals surface area contributed by atoms with Gasteiger partial charge in [-0.15, -0.1) is 0 Å². The monoisotopic (exact) mass is 406 g/mol. The Kier molecular flexibility index (Phi) is 6.53. The average molecular weight is 407 g/mol. The van der Waals surface area contributed by atoms with Crippen molar-refractivity contribution in [2.45, 2.75) is 72.8 Å². The highest BCUT2D eigenvalue weighted by atomic mass is 32.2. The van der Waals surface area contributed by atoms with E-state index in [2.05, 4.69) is 18.6 Å². The van der Waals surface area contributed by atoms with Crippen molar-refractivity contribution in [3.05, 3.63) is 0 Å². The summed E-state index contributed by atoms with van der Waals surface area (Å²) in [5.74, 6) is 1.27. The van der Waals surface area contributed by atoms with Crippen LogP contribution in [0.5, 0.6) is 0 Å². The lowest BCUT2D eigenvalue weighted by Crippen LogP contribution is -2.45. The molecule has 1 saturated carbocycles. The van der Waals surface area contributed by atoms with Gasteiger partial charge in [-0.2, -0.15) is 0 Å². The first-order chi connectivity index (χ1) is 11.7. The minimum atomic E-state index is -2.76. The van der Waals surface area contributed by atoms with Gasteiger partial charge in [-0.3, -0.25) is 0 Å². The van der Waals surface area contributed by atoms with E-state index in [4.69, 9.17) is 9.56 Å². The fourth-order valence-electron chi connectivity index (χ4n) is 4.33. The van der Waals surface area contributed by atoms with Gasteiger partial charge in [-0.25, -0.2) is 27.0 Å². The molecule has 4 unspecified atom stereocenters. The third-order valence-electron chi connectivity index (χ3n) is 5.19. The molecule has 8 heteroatoms. The quantitative estimate of drug-likeness (QED) is 0.571. The normalized spacial score (nSPS) is 29.7. The molecule has 3 N–H and O–H groups in total. The van der Waals surface area contributed by atoms with Gasteiger partial charge in [0.25, 0.3) is 0 Å². The van der Waals surface area contributed by atoms with Crippen LogP contribution in [0.2, 0.25) is 0 Å². The molecule has 26 heavy (non-hydrogen) atoms. The molecule has 6 nitrogen and oxygen atoms in total. The first kappa shape index (κ1) is 22.1. The zero-order chi connectivity index (χ0) is 19.8. The SMILES string of the molecule is CC(C)(C)CS(=N)(=O)NC1CCC(CC(C)(C)CS(=N)(=O)N2CCC2)C1. The molecule has 1 heterocycles. The zero-order valence-corrected chi connectivity index (χ0v) is 18.7. The minimum absolute atomic E-state index is 0.128. The summed E-state index contributed by atoms with van der Waals surface area (Å²) in [5, 5.41) is 0. The molecule has 0 amide bonds. The molecule has 154 valence electrons. The van der Waals surface area contributed by atoms with Crippen molar-refractivity contribution in [2.75, 3.05) is 24.6 Å². The maximum Gasteiger partial charge on any atom is 0.108 e. The Morgan fingerprint density at radius 1 is 1.04 bits per heavy atom. The summed E-state index contributed by atoms with van der Waals surface area (Å²) in [6.07, 6.45) is 4.91. The molecule has 0 bridgehead atoms. The fraction of sp³-hybridized carbons (Fsp3) is 1.00. The van der Waals surface area contributed by atoms with Crippen LogP contribution >= 0.6 is 0 Å². The summed E-state index contributed by atoms with van der Waals surface area (Å²) >= 11 is 0. The van der Waals surface area contributed by atoms with E-state index < -0.39 is 19.8 Å². The maximum atomic E-state index is 12.7. The lowest BCUT2D eigenvalue weighted by molar-refractivity contribution is 0.281. The van der Waals surface area contributed by atoms with E-state index in [1.807, 2.05) is 25.1 Å². The summed E-state index contributed by atoms with van der Waals surface area (Å²) in [7, 11) is -5.40. The van der Waals surface area contributed by atoms with Gasteiger partial charge in [0.2, 0.25) is 0 Å². The molecule has 2 aliphatic rings. The third kappa shape index (κ3) is 6.77. The van der Waals surface area contributed by atoms with Gasteiger partial charge in [-0.05, 0) is 48.9 Å². The molecule has 1 saturated heterocycles. The van der Waals surface area contributed by atoms with Gasteiger partial charge in [0.1, 0.15) is 19.8 Å². The van der Waals surface area contributed by atoms with Crippen LogP contribution in [-0.2, 0) is 19.8 Å². The van der Waals surface area contributed by atoms with Gasteiger partial charge in [0.05, 0.1) is 11.5 Å². The minimum Gasteiger partial charge on any atom is -0.240 e. The highest BCUT2D eigenvalue weighted by Gasteiger charge is 2.36. The van der Waals surface area contributed by atoms with Crippen molar-refractivity contribution in [1.29, 1.82) is 9.56 Å². The van der Waals surface area contributed by atoms with Crippen LogP contribution in [0.15, 0.2) is 0 Å². The highest BCUT2D eigenvalue weighted by Crippen LogP contribution is 2.38. The number of hydrogen-bond acceptors (Lipinski definition) is 4. The van der Waals surface area contributed by atoms with Gasteiger partial charge in [-0.1, -0.05) is 34.6 Å². The van der Waals surface area contributed by atoms with Gasteiger partial charge >= 0.3 is 0 Å². The first-order valence-electron chi connectivity index (χ1n) is 9.73. The lowest BCUT2D eigenvalue weighted by Gasteiger charge is -2.37. The summed E-state index contributed by atoms with van der Waals surface area (Å²) < 4.78 is 46.5. The average Bonchev–Trinajstić information content (AvgIpc) is 2.65. The predicted molar refractivity (Wildman–Crippen MR) is 110 cm³/mol. The number of hydrogen-bond donors (Lipinski definition) is 3. The Balaban J connectivity index is 1.86. The smallest absolute Gasteiger partial charge is 0.108 e. The van der Waals surface area contributed by atoms with E-state index in [0.29, 0.717) is 17.4 Å². The van der Waals surface area contributed by atoms with Crippen LogP contribution in [0.25, 0.3) is 0 Å². The van der Waals surface area contributed by atoms with Crippen molar-refractivity contribution in [1.82, 2.24) is 9.03 Å². The van der Waals surface area contributed by atoms with Gasteiger partial charge < -0.3 is 0 Å². The Morgan fingerprint density at radius 3 is 2.15 bits per heavy atom. The van der Waals surface area contributed by atoms with E-state index >= 15 is 0 Å². The Labute approximate surface area is 161 Å². The lowest BCUT2D eigenvalue weighted by atomic mass is 9.83. The molecule has 1 aliphatic carbocycles. The largest absolute Gasteiger partial charge is 0.240 e. The molecule has 2 rings (SSSR count). The number of nitrogens with zero attached hydrogens (tertiary/aromatic N) is 1. The molecule has 4 atom stereocenters. The van der Waals surface area contributed by atoms with Crippen LogP contribution < -0.4 is 4.72 Å². The standard InChI is InChI=1S/C18H38N4O2S2/c1-17(2,3)13-25(19,23)21-16-8-7-15(11-16)12-18(4,5)14-26(20,24)22-9-6-10-22/h15-16,20H,6-14H2,1-5H3,(H2,19,21,23).